The second-order valence-corrected chi connectivity index (χ2v) is 7.58. The first-order valence-corrected chi connectivity index (χ1v) is 9.70. The molecule has 4 nitrogen and oxygen atoms in total. The molecule has 0 radical (unpaired) electrons. The lowest BCUT2D eigenvalue weighted by molar-refractivity contribution is -0.146. The molecular formula is C25H24N2O2. The SMILES string of the molecule is COC(=O)C1(C)CC(c2ccc(C)cc2)=NN1c1ccc(-c2ccccc2)cc1. The topological polar surface area (TPSA) is 41.9 Å². The first-order chi connectivity index (χ1) is 14.0. The number of benzene rings is 3. The fraction of sp³-hybridized carbons (Fsp3) is 0.200. The number of carbonyl (C=O) groups excluding carboxylic acids is 1. The molecule has 1 aliphatic heterocycles. The van der Waals surface area contributed by atoms with Crippen molar-refractivity contribution < 1.29 is 9.53 Å². The number of hydrogen-bond acceptors (Lipinski definition) is 4. The Morgan fingerprint density at radius 1 is 0.897 bits per heavy atom. The van der Waals surface area contributed by atoms with Crippen molar-refractivity contribution in [3.8, 4) is 11.1 Å². The van der Waals surface area contributed by atoms with Gasteiger partial charge in [-0.3, -0.25) is 0 Å². The van der Waals surface area contributed by atoms with Gasteiger partial charge in [0.05, 0.1) is 18.5 Å². The van der Waals surface area contributed by atoms with Crippen LogP contribution in [0.15, 0.2) is 84.0 Å². The molecule has 0 spiro atoms. The van der Waals surface area contributed by atoms with Crippen LogP contribution < -0.4 is 5.01 Å². The lowest BCUT2D eigenvalue weighted by Gasteiger charge is -2.31. The monoisotopic (exact) mass is 384 g/mol. The molecule has 4 heteroatoms. The number of ether oxygens (including phenoxy) is 1. The Hall–Kier alpha value is -3.40. The molecule has 1 unspecified atom stereocenters. The molecule has 29 heavy (non-hydrogen) atoms. The van der Waals surface area contributed by atoms with E-state index in [1.165, 1.54) is 12.7 Å². The predicted octanol–water partition coefficient (Wildman–Crippen LogP) is 5.21. The van der Waals surface area contributed by atoms with Crippen LogP contribution in [-0.4, -0.2) is 24.3 Å². The van der Waals surface area contributed by atoms with Gasteiger partial charge in [0, 0.05) is 6.42 Å². The summed E-state index contributed by atoms with van der Waals surface area (Å²) in [5.74, 6) is -0.296. The molecule has 0 aromatic heterocycles. The lowest BCUT2D eigenvalue weighted by atomic mass is 9.92. The Morgan fingerprint density at radius 2 is 1.48 bits per heavy atom. The average Bonchev–Trinajstić information content (AvgIpc) is 3.13. The van der Waals surface area contributed by atoms with Crippen LogP contribution in [0, 0.1) is 6.92 Å². The maximum absolute atomic E-state index is 12.7. The highest BCUT2D eigenvalue weighted by Gasteiger charge is 2.47. The molecule has 0 amide bonds. The van der Waals surface area contributed by atoms with E-state index < -0.39 is 5.54 Å². The summed E-state index contributed by atoms with van der Waals surface area (Å²) in [5, 5.41) is 6.63. The Kier molecular flexibility index (Phi) is 4.93. The van der Waals surface area contributed by atoms with Crippen LogP contribution in [0.4, 0.5) is 5.69 Å². The van der Waals surface area contributed by atoms with Gasteiger partial charge in [0.15, 0.2) is 5.54 Å². The highest BCUT2D eigenvalue weighted by Crippen LogP contribution is 2.36. The van der Waals surface area contributed by atoms with Crippen molar-refractivity contribution in [2.24, 2.45) is 5.10 Å². The van der Waals surface area contributed by atoms with Gasteiger partial charge in [0.2, 0.25) is 0 Å². The lowest BCUT2D eigenvalue weighted by Crippen LogP contribution is -2.48. The van der Waals surface area contributed by atoms with Gasteiger partial charge in [0.25, 0.3) is 0 Å². The van der Waals surface area contributed by atoms with E-state index >= 15 is 0 Å². The van der Waals surface area contributed by atoms with Gasteiger partial charge >= 0.3 is 5.97 Å². The summed E-state index contributed by atoms with van der Waals surface area (Å²) in [6, 6.07) is 26.6. The van der Waals surface area contributed by atoms with Gasteiger partial charge in [-0.2, -0.15) is 5.10 Å². The smallest absolute Gasteiger partial charge is 0.333 e. The third kappa shape index (κ3) is 3.54. The number of nitrogens with zero attached hydrogens (tertiary/aromatic N) is 2. The number of hydrazone groups is 1. The molecule has 1 atom stereocenters. The minimum absolute atomic E-state index is 0.296. The van der Waals surface area contributed by atoms with Crippen molar-refractivity contribution in [3.63, 3.8) is 0 Å². The number of methoxy groups -OCH3 is 1. The quantitative estimate of drug-likeness (QED) is 0.580. The van der Waals surface area contributed by atoms with E-state index in [0.717, 1.165) is 28.1 Å². The van der Waals surface area contributed by atoms with Crippen LogP contribution >= 0.6 is 0 Å². The highest BCUT2D eigenvalue weighted by molar-refractivity contribution is 6.08. The molecule has 0 bridgehead atoms. The van der Waals surface area contributed by atoms with E-state index in [1.807, 2.05) is 49.4 Å². The second-order valence-electron chi connectivity index (χ2n) is 7.58. The van der Waals surface area contributed by atoms with Gasteiger partial charge in [-0.25, -0.2) is 9.80 Å². The zero-order valence-electron chi connectivity index (χ0n) is 16.9. The molecule has 1 aliphatic rings. The summed E-state index contributed by atoms with van der Waals surface area (Å²) >= 11 is 0. The van der Waals surface area contributed by atoms with Gasteiger partial charge < -0.3 is 4.74 Å². The van der Waals surface area contributed by atoms with E-state index in [1.54, 1.807) is 5.01 Å². The van der Waals surface area contributed by atoms with Crippen molar-refractivity contribution in [1.29, 1.82) is 0 Å². The van der Waals surface area contributed by atoms with E-state index in [9.17, 15) is 4.79 Å². The molecular weight excluding hydrogens is 360 g/mol. The standard InChI is InChI=1S/C25H24N2O2/c1-18-9-11-21(12-10-18)23-17-25(2,24(28)29-3)27(26-23)22-15-13-20(14-16-22)19-7-5-4-6-8-19/h4-16H,17H2,1-3H3. The summed E-state index contributed by atoms with van der Waals surface area (Å²) in [7, 11) is 1.42. The summed E-state index contributed by atoms with van der Waals surface area (Å²) < 4.78 is 5.13. The van der Waals surface area contributed by atoms with Crippen molar-refractivity contribution in [2.75, 3.05) is 12.1 Å². The van der Waals surface area contributed by atoms with E-state index in [0.29, 0.717) is 6.42 Å². The number of esters is 1. The largest absolute Gasteiger partial charge is 0.467 e. The molecule has 1 heterocycles. The van der Waals surface area contributed by atoms with Crippen molar-refractivity contribution >= 4 is 17.4 Å². The summed E-state index contributed by atoms with van der Waals surface area (Å²) in [4.78, 5) is 12.7. The van der Waals surface area contributed by atoms with Gasteiger partial charge in [-0.15, -0.1) is 0 Å². The molecule has 3 aromatic rings. The molecule has 3 aromatic carbocycles. The Balaban J connectivity index is 1.71. The molecule has 0 aliphatic carbocycles. The van der Waals surface area contributed by atoms with Crippen LogP contribution in [0.3, 0.4) is 0 Å². The number of anilines is 1. The molecule has 146 valence electrons. The van der Waals surface area contributed by atoms with Gasteiger partial charge in [-0.1, -0.05) is 72.3 Å². The number of carbonyl (C=O) groups is 1. The zero-order chi connectivity index (χ0) is 20.4. The molecule has 0 saturated heterocycles. The minimum atomic E-state index is -0.886. The third-order valence-electron chi connectivity index (χ3n) is 5.43. The number of rotatable bonds is 4. The number of hydrogen-bond donors (Lipinski definition) is 0. The maximum Gasteiger partial charge on any atom is 0.333 e. The second kappa shape index (κ2) is 7.55. The molecule has 4 rings (SSSR count). The zero-order valence-corrected chi connectivity index (χ0v) is 16.9. The van der Waals surface area contributed by atoms with Gasteiger partial charge in [0.1, 0.15) is 0 Å². The van der Waals surface area contributed by atoms with Crippen LogP contribution in [0.2, 0.25) is 0 Å². The van der Waals surface area contributed by atoms with Crippen LogP contribution in [0.25, 0.3) is 11.1 Å². The van der Waals surface area contributed by atoms with E-state index in [-0.39, 0.29) is 5.97 Å². The predicted molar refractivity (Wildman–Crippen MR) is 117 cm³/mol. The molecule has 0 N–H and O–H groups in total. The third-order valence-corrected chi connectivity index (χ3v) is 5.43. The minimum Gasteiger partial charge on any atom is -0.467 e. The maximum atomic E-state index is 12.7. The summed E-state index contributed by atoms with van der Waals surface area (Å²) in [6.07, 6.45) is 0.489. The van der Waals surface area contributed by atoms with Crippen molar-refractivity contribution in [2.45, 2.75) is 25.8 Å². The first-order valence-electron chi connectivity index (χ1n) is 9.70. The normalized spacial score (nSPS) is 18.4. The van der Waals surface area contributed by atoms with Gasteiger partial charge in [-0.05, 0) is 42.7 Å². The fourth-order valence-electron chi connectivity index (χ4n) is 3.72. The molecule has 0 saturated carbocycles. The Bertz CT molecular complexity index is 1040. The average molecular weight is 384 g/mol. The van der Waals surface area contributed by atoms with Crippen molar-refractivity contribution in [3.05, 3.63) is 90.0 Å². The van der Waals surface area contributed by atoms with Crippen LogP contribution in [0.5, 0.6) is 0 Å². The Morgan fingerprint density at radius 3 is 2.10 bits per heavy atom. The van der Waals surface area contributed by atoms with Crippen LogP contribution in [0.1, 0.15) is 24.5 Å². The van der Waals surface area contributed by atoms with Crippen LogP contribution in [-0.2, 0) is 9.53 Å². The fourth-order valence-corrected chi connectivity index (χ4v) is 3.72. The number of aryl methyl sites for hydroxylation is 1. The summed E-state index contributed by atoms with van der Waals surface area (Å²) in [5.41, 5.74) is 5.34. The van der Waals surface area contributed by atoms with E-state index in [2.05, 4.69) is 43.3 Å². The Labute approximate surface area is 171 Å². The van der Waals surface area contributed by atoms with Crippen molar-refractivity contribution in [1.82, 2.24) is 0 Å². The summed E-state index contributed by atoms with van der Waals surface area (Å²) in [6.45, 7) is 3.94. The highest BCUT2D eigenvalue weighted by atomic mass is 16.5. The molecule has 0 fully saturated rings. The van der Waals surface area contributed by atoms with E-state index in [4.69, 9.17) is 9.84 Å². The first kappa shape index (κ1) is 18.9.